The number of anilines is 1. The van der Waals surface area contributed by atoms with E-state index in [1.54, 1.807) is 0 Å². The molecule has 1 rings (SSSR count). The number of unbranched alkanes of at least 4 members (excludes halogenated alkanes) is 4. The second-order valence-electron chi connectivity index (χ2n) is 5.17. The average Bonchev–Trinajstić information content (AvgIpc) is 2.42. The average molecular weight is 262 g/mol. The number of benzene rings is 1. The van der Waals surface area contributed by atoms with E-state index in [0.29, 0.717) is 6.42 Å². The van der Waals surface area contributed by atoms with Crippen molar-refractivity contribution in [3.63, 3.8) is 0 Å². The molecule has 0 aliphatic carbocycles. The van der Waals surface area contributed by atoms with Gasteiger partial charge in [0.1, 0.15) is 0 Å². The van der Waals surface area contributed by atoms with Gasteiger partial charge in [0.2, 0.25) is 0 Å². The van der Waals surface area contributed by atoms with Crippen molar-refractivity contribution >= 4 is 11.5 Å². The number of rotatable bonds is 9. The molecule has 0 unspecified atom stereocenters. The molecule has 3 heteroatoms. The number of nitrogens with zero attached hydrogens (tertiary/aromatic N) is 1. The molecule has 0 saturated carbocycles. The first kappa shape index (κ1) is 15.7. The number of hydrogen-bond acceptors (Lipinski definition) is 3. The van der Waals surface area contributed by atoms with Gasteiger partial charge in [-0.15, -0.1) is 0 Å². The largest absolute Gasteiger partial charge is 0.378 e. The second kappa shape index (κ2) is 8.70. The highest BCUT2D eigenvalue weighted by Gasteiger charge is 2.05. The van der Waals surface area contributed by atoms with Gasteiger partial charge < -0.3 is 10.6 Å². The lowest BCUT2D eigenvalue weighted by molar-refractivity contribution is 0.0979. The minimum atomic E-state index is 0.254. The zero-order chi connectivity index (χ0) is 14.1. The monoisotopic (exact) mass is 262 g/mol. The first-order valence-corrected chi connectivity index (χ1v) is 7.16. The number of carbonyl (C=O) groups is 1. The van der Waals surface area contributed by atoms with Gasteiger partial charge in [0.05, 0.1) is 0 Å². The summed E-state index contributed by atoms with van der Waals surface area (Å²) in [6.07, 6.45) is 6.23. The van der Waals surface area contributed by atoms with Crippen LogP contribution in [-0.4, -0.2) is 26.4 Å². The minimum absolute atomic E-state index is 0.254. The van der Waals surface area contributed by atoms with Crippen LogP contribution in [0.4, 0.5) is 5.69 Å². The van der Waals surface area contributed by atoms with Crippen LogP contribution in [0.2, 0.25) is 0 Å². The molecule has 0 saturated heterocycles. The highest BCUT2D eigenvalue weighted by molar-refractivity contribution is 5.96. The molecule has 0 heterocycles. The van der Waals surface area contributed by atoms with E-state index in [-0.39, 0.29) is 5.78 Å². The summed E-state index contributed by atoms with van der Waals surface area (Å²) in [5.74, 6) is 0.254. The van der Waals surface area contributed by atoms with E-state index in [2.05, 4.69) is 0 Å². The molecule has 106 valence electrons. The van der Waals surface area contributed by atoms with E-state index in [9.17, 15) is 4.79 Å². The van der Waals surface area contributed by atoms with E-state index in [1.807, 2.05) is 43.3 Å². The summed E-state index contributed by atoms with van der Waals surface area (Å²) in [5, 5.41) is 0. The van der Waals surface area contributed by atoms with Crippen molar-refractivity contribution < 1.29 is 4.79 Å². The molecule has 0 atom stereocenters. The fourth-order valence-electron chi connectivity index (χ4n) is 2.05. The third-order valence-corrected chi connectivity index (χ3v) is 3.31. The maximum atomic E-state index is 12.0. The van der Waals surface area contributed by atoms with Gasteiger partial charge in [-0.2, -0.15) is 0 Å². The quantitative estimate of drug-likeness (QED) is 0.549. The Bertz CT molecular complexity index is 371. The Morgan fingerprint density at radius 3 is 2.16 bits per heavy atom. The maximum absolute atomic E-state index is 12.0. The molecule has 0 aliphatic rings. The van der Waals surface area contributed by atoms with Gasteiger partial charge in [-0.1, -0.05) is 19.3 Å². The Labute approximate surface area is 116 Å². The van der Waals surface area contributed by atoms with E-state index in [4.69, 9.17) is 5.73 Å². The van der Waals surface area contributed by atoms with Crippen LogP contribution in [0.15, 0.2) is 24.3 Å². The van der Waals surface area contributed by atoms with Gasteiger partial charge in [-0.3, -0.25) is 4.79 Å². The van der Waals surface area contributed by atoms with E-state index < -0.39 is 0 Å². The van der Waals surface area contributed by atoms with Gasteiger partial charge in [-0.05, 0) is 43.7 Å². The Morgan fingerprint density at radius 2 is 1.58 bits per heavy atom. The molecule has 0 aromatic heterocycles. The van der Waals surface area contributed by atoms with E-state index >= 15 is 0 Å². The first-order chi connectivity index (χ1) is 9.15. The van der Waals surface area contributed by atoms with Crippen molar-refractivity contribution in [3.8, 4) is 0 Å². The summed E-state index contributed by atoms with van der Waals surface area (Å²) in [5.41, 5.74) is 7.39. The summed E-state index contributed by atoms with van der Waals surface area (Å²) in [4.78, 5) is 14.0. The molecule has 0 spiro atoms. The fourth-order valence-corrected chi connectivity index (χ4v) is 2.05. The molecule has 1 aromatic rings. The van der Waals surface area contributed by atoms with Crippen molar-refractivity contribution in [2.45, 2.75) is 38.5 Å². The zero-order valence-corrected chi connectivity index (χ0v) is 12.2. The Hall–Kier alpha value is -1.35. The van der Waals surface area contributed by atoms with Crippen LogP contribution < -0.4 is 10.6 Å². The maximum Gasteiger partial charge on any atom is 0.162 e. The van der Waals surface area contributed by atoms with Crippen molar-refractivity contribution in [3.05, 3.63) is 29.8 Å². The minimum Gasteiger partial charge on any atom is -0.378 e. The van der Waals surface area contributed by atoms with Gasteiger partial charge in [-0.25, -0.2) is 0 Å². The van der Waals surface area contributed by atoms with Crippen molar-refractivity contribution in [2.24, 2.45) is 5.73 Å². The Morgan fingerprint density at radius 1 is 1.00 bits per heavy atom. The van der Waals surface area contributed by atoms with Crippen LogP contribution in [0.25, 0.3) is 0 Å². The number of ketones is 1. The van der Waals surface area contributed by atoms with Crippen LogP contribution >= 0.6 is 0 Å². The van der Waals surface area contributed by atoms with Gasteiger partial charge in [0, 0.05) is 31.8 Å². The zero-order valence-electron chi connectivity index (χ0n) is 12.2. The standard InChI is InChI=1S/C16H26N2O/c1-18(2)15-11-9-14(10-12-15)16(19)8-6-4-3-5-7-13-17/h9-12H,3-8,13,17H2,1-2H3. The molecule has 0 amide bonds. The SMILES string of the molecule is CN(C)c1ccc(C(=O)CCCCCCCN)cc1. The second-order valence-corrected chi connectivity index (χ2v) is 5.17. The Balaban J connectivity index is 2.29. The van der Waals surface area contributed by atoms with Crippen LogP contribution in [0.5, 0.6) is 0 Å². The van der Waals surface area contributed by atoms with E-state index in [1.165, 1.54) is 12.8 Å². The molecule has 1 aromatic carbocycles. The predicted octanol–water partition coefficient (Wildman–Crippen LogP) is 3.23. The number of nitrogens with two attached hydrogens (primary N) is 1. The number of hydrogen-bond donors (Lipinski definition) is 1. The first-order valence-electron chi connectivity index (χ1n) is 7.16. The third kappa shape index (κ3) is 5.88. The number of Topliss-reactive ketones (excluding diaryl/α,β-unsaturated/α-hetero) is 1. The van der Waals surface area contributed by atoms with Crippen LogP contribution in [0, 0.1) is 0 Å². The smallest absolute Gasteiger partial charge is 0.162 e. The van der Waals surface area contributed by atoms with Crippen LogP contribution in [0.1, 0.15) is 48.9 Å². The van der Waals surface area contributed by atoms with Crippen molar-refractivity contribution in [1.29, 1.82) is 0 Å². The van der Waals surface area contributed by atoms with Gasteiger partial charge in [0.15, 0.2) is 5.78 Å². The predicted molar refractivity (Wildman–Crippen MR) is 81.9 cm³/mol. The molecular weight excluding hydrogens is 236 g/mol. The normalized spacial score (nSPS) is 10.5. The van der Waals surface area contributed by atoms with Crippen LogP contribution in [-0.2, 0) is 0 Å². The molecule has 0 fully saturated rings. The summed E-state index contributed by atoms with van der Waals surface area (Å²) in [7, 11) is 4.00. The van der Waals surface area contributed by atoms with Crippen molar-refractivity contribution in [1.82, 2.24) is 0 Å². The van der Waals surface area contributed by atoms with Gasteiger partial charge in [0.25, 0.3) is 0 Å². The topological polar surface area (TPSA) is 46.3 Å². The lowest BCUT2D eigenvalue weighted by Crippen LogP contribution is -2.08. The van der Waals surface area contributed by atoms with Gasteiger partial charge >= 0.3 is 0 Å². The molecule has 0 radical (unpaired) electrons. The molecule has 2 N–H and O–H groups in total. The summed E-state index contributed by atoms with van der Waals surface area (Å²) >= 11 is 0. The molecular formula is C16H26N2O. The molecule has 19 heavy (non-hydrogen) atoms. The molecule has 0 aliphatic heterocycles. The third-order valence-electron chi connectivity index (χ3n) is 3.31. The highest BCUT2D eigenvalue weighted by atomic mass is 16.1. The van der Waals surface area contributed by atoms with Crippen LogP contribution in [0.3, 0.4) is 0 Å². The lowest BCUT2D eigenvalue weighted by atomic mass is 10.0. The Kier molecular flexibility index (Phi) is 7.19. The number of carbonyl (C=O) groups excluding carboxylic acids is 1. The lowest BCUT2D eigenvalue weighted by Gasteiger charge is -2.12. The highest BCUT2D eigenvalue weighted by Crippen LogP contribution is 2.15. The van der Waals surface area contributed by atoms with E-state index in [0.717, 1.165) is 37.1 Å². The summed E-state index contributed by atoms with van der Waals surface area (Å²) < 4.78 is 0. The fraction of sp³-hybridized carbons (Fsp3) is 0.562. The molecule has 3 nitrogen and oxygen atoms in total. The summed E-state index contributed by atoms with van der Waals surface area (Å²) in [6.45, 7) is 0.775. The molecule has 0 bridgehead atoms. The summed E-state index contributed by atoms with van der Waals surface area (Å²) in [6, 6.07) is 7.83. The van der Waals surface area contributed by atoms with Crippen molar-refractivity contribution in [2.75, 3.05) is 25.5 Å².